The van der Waals surface area contributed by atoms with E-state index in [1.165, 1.54) is 6.92 Å². The van der Waals surface area contributed by atoms with Crippen molar-refractivity contribution in [1.82, 2.24) is 0 Å². The van der Waals surface area contributed by atoms with Crippen molar-refractivity contribution in [2.45, 2.75) is 51.1 Å². The molecule has 1 heterocycles. The second kappa shape index (κ2) is 6.70. The Morgan fingerprint density at radius 2 is 1.86 bits per heavy atom. The predicted molar refractivity (Wildman–Crippen MR) is 69.9 cm³/mol. The van der Waals surface area contributed by atoms with Gasteiger partial charge in [0.25, 0.3) is 0 Å². The standard InChI is InChI=1S/C14H18O7/c1-5-14(18)12(20-9(3)16)7-19-11(6-8(2)15)13(14)21-10(4)17/h1,11-13,18H,6-7H2,2-4H3/t11-,12+,13-,14+/m0/s1. The Labute approximate surface area is 122 Å². The summed E-state index contributed by atoms with van der Waals surface area (Å²) in [5.41, 5.74) is -2.06. The molecule has 0 spiro atoms. The van der Waals surface area contributed by atoms with Crippen molar-refractivity contribution in [3.05, 3.63) is 0 Å². The largest absolute Gasteiger partial charge is 0.456 e. The van der Waals surface area contributed by atoms with Crippen LogP contribution in [0.5, 0.6) is 0 Å². The smallest absolute Gasteiger partial charge is 0.303 e. The summed E-state index contributed by atoms with van der Waals surface area (Å²) in [6.07, 6.45) is 1.86. The van der Waals surface area contributed by atoms with Gasteiger partial charge in [0.15, 0.2) is 12.2 Å². The highest BCUT2D eigenvalue weighted by Gasteiger charge is 2.55. The first-order valence-corrected chi connectivity index (χ1v) is 6.36. The maximum absolute atomic E-state index is 11.3. The maximum atomic E-state index is 11.3. The van der Waals surface area contributed by atoms with E-state index in [1.54, 1.807) is 0 Å². The molecule has 0 aromatic carbocycles. The van der Waals surface area contributed by atoms with E-state index in [9.17, 15) is 19.5 Å². The normalized spacial score (nSPS) is 31.9. The molecule has 116 valence electrons. The molecule has 0 aromatic rings. The van der Waals surface area contributed by atoms with E-state index in [-0.39, 0.29) is 18.8 Å². The van der Waals surface area contributed by atoms with Crippen LogP contribution in [0.25, 0.3) is 0 Å². The Morgan fingerprint density at radius 3 is 2.29 bits per heavy atom. The Morgan fingerprint density at radius 1 is 1.29 bits per heavy atom. The zero-order valence-corrected chi connectivity index (χ0v) is 12.1. The molecular weight excluding hydrogens is 280 g/mol. The molecule has 1 fully saturated rings. The first kappa shape index (κ1) is 17.1. The van der Waals surface area contributed by atoms with Gasteiger partial charge in [0.2, 0.25) is 5.60 Å². The fourth-order valence-corrected chi connectivity index (χ4v) is 2.19. The summed E-state index contributed by atoms with van der Waals surface area (Å²) >= 11 is 0. The van der Waals surface area contributed by atoms with E-state index in [0.29, 0.717) is 0 Å². The molecule has 0 aliphatic carbocycles. The van der Waals surface area contributed by atoms with E-state index < -0.39 is 35.9 Å². The SMILES string of the molecule is C#C[C@@]1(O)[C@H](OC(C)=O)CO[C@@H](CC(C)=O)[C@@H]1OC(C)=O. The van der Waals surface area contributed by atoms with Crippen LogP contribution in [0.3, 0.4) is 0 Å². The molecule has 7 nitrogen and oxygen atoms in total. The first-order chi connectivity index (χ1) is 9.70. The molecule has 1 aliphatic heterocycles. The third-order valence-corrected chi connectivity index (χ3v) is 3.04. The van der Waals surface area contributed by atoms with Crippen LogP contribution >= 0.6 is 0 Å². The van der Waals surface area contributed by atoms with Crippen molar-refractivity contribution >= 4 is 17.7 Å². The molecular formula is C14H18O7. The summed E-state index contributed by atoms with van der Waals surface area (Å²) < 4.78 is 15.3. The van der Waals surface area contributed by atoms with Gasteiger partial charge in [0.05, 0.1) is 6.61 Å². The molecule has 7 heteroatoms. The second-order valence-corrected chi connectivity index (χ2v) is 4.88. The monoisotopic (exact) mass is 298 g/mol. The number of hydrogen-bond donors (Lipinski definition) is 1. The molecule has 0 bridgehead atoms. The van der Waals surface area contributed by atoms with E-state index >= 15 is 0 Å². The lowest BCUT2D eigenvalue weighted by Gasteiger charge is -2.44. The third-order valence-electron chi connectivity index (χ3n) is 3.04. The molecule has 0 saturated carbocycles. The van der Waals surface area contributed by atoms with Crippen LogP contribution in [0.2, 0.25) is 0 Å². The molecule has 1 N–H and O–H groups in total. The highest BCUT2D eigenvalue weighted by molar-refractivity contribution is 5.76. The predicted octanol–water partition coefficient (Wildman–Crippen LogP) is -0.408. The van der Waals surface area contributed by atoms with Crippen molar-refractivity contribution in [3.63, 3.8) is 0 Å². The van der Waals surface area contributed by atoms with Gasteiger partial charge in [-0.3, -0.25) is 14.4 Å². The lowest BCUT2D eigenvalue weighted by molar-refractivity contribution is -0.237. The lowest BCUT2D eigenvalue weighted by Crippen LogP contribution is -2.64. The van der Waals surface area contributed by atoms with E-state index in [0.717, 1.165) is 13.8 Å². The van der Waals surface area contributed by atoms with Crippen molar-refractivity contribution in [2.75, 3.05) is 6.61 Å². The minimum Gasteiger partial charge on any atom is -0.456 e. The van der Waals surface area contributed by atoms with Crippen LogP contribution in [-0.2, 0) is 28.6 Å². The number of Topliss-reactive ketones (excluding diaryl/α,β-unsaturated/α-hetero) is 1. The highest BCUT2D eigenvalue weighted by atomic mass is 16.6. The number of hydrogen-bond acceptors (Lipinski definition) is 7. The summed E-state index contributed by atoms with van der Waals surface area (Å²) in [6, 6.07) is 0. The summed E-state index contributed by atoms with van der Waals surface area (Å²) in [4.78, 5) is 33.6. The Bertz CT molecular complexity index is 478. The summed E-state index contributed by atoms with van der Waals surface area (Å²) in [5, 5.41) is 10.6. The number of esters is 2. The Hall–Kier alpha value is -1.91. The van der Waals surface area contributed by atoms with E-state index in [1.807, 2.05) is 0 Å². The number of aliphatic hydroxyl groups is 1. The third kappa shape index (κ3) is 4.03. The van der Waals surface area contributed by atoms with Crippen molar-refractivity contribution in [1.29, 1.82) is 0 Å². The minimum atomic E-state index is -2.06. The highest BCUT2D eigenvalue weighted by Crippen LogP contribution is 2.31. The molecule has 1 rings (SSSR count). The lowest BCUT2D eigenvalue weighted by atomic mass is 9.83. The molecule has 21 heavy (non-hydrogen) atoms. The topological polar surface area (TPSA) is 99.1 Å². The van der Waals surface area contributed by atoms with Gasteiger partial charge in [-0.15, -0.1) is 6.42 Å². The van der Waals surface area contributed by atoms with Crippen LogP contribution in [0.1, 0.15) is 27.2 Å². The van der Waals surface area contributed by atoms with E-state index in [4.69, 9.17) is 20.6 Å². The van der Waals surface area contributed by atoms with Crippen LogP contribution in [0, 0.1) is 12.3 Å². The first-order valence-electron chi connectivity index (χ1n) is 6.36. The van der Waals surface area contributed by atoms with E-state index in [2.05, 4.69) is 5.92 Å². The quantitative estimate of drug-likeness (QED) is 0.556. The fourth-order valence-electron chi connectivity index (χ4n) is 2.19. The summed E-state index contributed by atoms with van der Waals surface area (Å²) in [5.74, 6) is 0.521. The van der Waals surface area contributed by atoms with Gasteiger partial charge in [-0.25, -0.2) is 0 Å². The van der Waals surface area contributed by atoms with Crippen molar-refractivity contribution in [3.8, 4) is 12.3 Å². The fraction of sp³-hybridized carbons (Fsp3) is 0.643. The molecule has 0 amide bonds. The van der Waals surface area contributed by atoms with Gasteiger partial charge in [0.1, 0.15) is 11.9 Å². The second-order valence-electron chi connectivity index (χ2n) is 4.88. The Kier molecular flexibility index (Phi) is 5.47. The van der Waals surface area contributed by atoms with Gasteiger partial charge >= 0.3 is 11.9 Å². The molecule has 0 unspecified atom stereocenters. The van der Waals surface area contributed by atoms with Crippen LogP contribution < -0.4 is 0 Å². The van der Waals surface area contributed by atoms with Crippen LogP contribution in [-0.4, -0.2) is 53.3 Å². The number of rotatable bonds is 4. The van der Waals surface area contributed by atoms with Gasteiger partial charge in [-0.05, 0) is 6.92 Å². The maximum Gasteiger partial charge on any atom is 0.303 e. The van der Waals surface area contributed by atoms with Gasteiger partial charge in [-0.2, -0.15) is 0 Å². The molecule has 1 aliphatic rings. The number of ketones is 1. The molecule has 1 saturated heterocycles. The number of ether oxygens (including phenoxy) is 3. The van der Waals surface area contributed by atoms with Gasteiger partial charge in [-0.1, -0.05) is 5.92 Å². The average molecular weight is 298 g/mol. The van der Waals surface area contributed by atoms with Gasteiger partial charge < -0.3 is 19.3 Å². The van der Waals surface area contributed by atoms with Crippen LogP contribution in [0.15, 0.2) is 0 Å². The summed E-state index contributed by atoms with van der Waals surface area (Å²) in [7, 11) is 0. The Balaban J connectivity index is 3.11. The number of terminal acetylenes is 1. The zero-order chi connectivity index (χ0) is 16.2. The van der Waals surface area contributed by atoms with Crippen molar-refractivity contribution < 1.29 is 33.7 Å². The van der Waals surface area contributed by atoms with Gasteiger partial charge in [0, 0.05) is 20.3 Å². The van der Waals surface area contributed by atoms with Crippen molar-refractivity contribution in [2.24, 2.45) is 0 Å². The minimum absolute atomic E-state index is 0.0886. The molecule has 0 radical (unpaired) electrons. The number of carbonyl (C=O) groups excluding carboxylic acids is 3. The number of carbonyl (C=O) groups is 3. The molecule has 4 atom stereocenters. The van der Waals surface area contributed by atoms with Crippen LogP contribution in [0.4, 0.5) is 0 Å². The summed E-state index contributed by atoms with van der Waals surface area (Å²) in [6.45, 7) is 3.42. The average Bonchev–Trinajstić information content (AvgIpc) is 2.36. The molecule has 0 aromatic heterocycles. The zero-order valence-electron chi connectivity index (χ0n) is 12.1.